The van der Waals surface area contributed by atoms with Crippen LogP contribution in [0.5, 0.6) is 0 Å². The van der Waals surface area contributed by atoms with Crippen LogP contribution in [-0.2, 0) is 4.79 Å². The predicted molar refractivity (Wildman–Crippen MR) is 67.3 cm³/mol. The third kappa shape index (κ3) is 8.72. The molecule has 0 rings (SSSR count). The first-order valence-corrected chi connectivity index (χ1v) is 6.37. The van der Waals surface area contributed by atoms with Crippen LogP contribution in [0.3, 0.4) is 0 Å². The highest BCUT2D eigenvalue weighted by molar-refractivity contribution is 5.67. The lowest BCUT2D eigenvalue weighted by molar-refractivity contribution is -0.138. The third-order valence-corrected chi connectivity index (χ3v) is 3.01. The molecule has 0 spiro atoms. The zero-order chi connectivity index (χ0) is 12.6. The van der Waals surface area contributed by atoms with E-state index in [1.807, 2.05) is 0 Å². The molecule has 0 heterocycles. The maximum absolute atomic E-state index is 10.6. The molecule has 0 saturated carbocycles. The Hall–Kier alpha value is -0.570. The van der Waals surface area contributed by atoms with Gasteiger partial charge < -0.3 is 10.8 Å². The Labute approximate surface area is 99.4 Å². The molecule has 3 heteroatoms. The lowest BCUT2D eigenvalue weighted by Gasteiger charge is -2.18. The van der Waals surface area contributed by atoms with Crippen molar-refractivity contribution in [2.24, 2.45) is 23.5 Å². The van der Waals surface area contributed by atoms with Crippen molar-refractivity contribution in [1.29, 1.82) is 0 Å². The monoisotopic (exact) mass is 229 g/mol. The highest BCUT2D eigenvalue weighted by Crippen LogP contribution is 2.20. The largest absolute Gasteiger partial charge is 0.481 e. The van der Waals surface area contributed by atoms with Crippen molar-refractivity contribution in [1.82, 2.24) is 0 Å². The van der Waals surface area contributed by atoms with Gasteiger partial charge in [0.1, 0.15) is 0 Å². The average Bonchev–Trinajstić information content (AvgIpc) is 2.15. The SMILES string of the molecule is CC(C)CCCC(C)C[C@H](CN)CC(=O)O. The first-order chi connectivity index (χ1) is 7.45. The van der Waals surface area contributed by atoms with E-state index >= 15 is 0 Å². The van der Waals surface area contributed by atoms with Crippen LogP contribution in [0.4, 0.5) is 0 Å². The summed E-state index contributed by atoms with van der Waals surface area (Å²) in [4.78, 5) is 10.6. The Morgan fingerprint density at radius 2 is 1.88 bits per heavy atom. The van der Waals surface area contributed by atoms with Gasteiger partial charge in [0.05, 0.1) is 0 Å². The fourth-order valence-corrected chi connectivity index (χ4v) is 2.07. The van der Waals surface area contributed by atoms with Gasteiger partial charge in [-0.05, 0) is 30.7 Å². The zero-order valence-electron chi connectivity index (χ0n) is 10.9. The zero-order valence-corrected chi connectivity index (χ0v) is 10.9. The van der Waals surface area contributed by atoms with Crippen molar-refractivity contribution in [2.45, 2.75) is 52.9 Å². The molecule has 0 aliphatic heterocycles. The van der Waals surface area contributed by atoms with Crippen LogP contribution in [-0.4, -0.2) is 17.6 Å². The summed E-state index contributed by atoms with van der Waals surface area (Å²) in [5.41, 5.74) is 5.58. The molecule has 2 atom stereocenters. The van der Waals surface area contributed by atoms with E-state index in [9.17, 15) is 4.79 Å². The lowest BCUT2D eigenvalue weighted by atomic mass is 9.89. The van der Waals surface area contributed by atoms with E-state index < -0.39 is 5.97 Å². The van der Waals surface area contributed by atoms with Gasteiger partial charge in [-0.25, -0.2) is 0 Å². The predicted octanol–water partition coefficient (Wildman–Crippen LogP) is 2.89. The number of rotatable bonds is 9. The minimum absolute atomic E-state index is 0.145. The molecule has 0 aromatic carbocycles. The smallest absolute Gasteiger partial charge is 0.303 e. The fraction of sp³-hybridized carbons (Fsp3) is 0.923. The van der Waals surface area contributed by atoms with Crippen molar-refractivity contribution >= 4 is 5.97 Å². The normalized spacial score (nSPS) is 15.1. The van der Waals surface area contributed by atoms with Crippen LogP contribution in [0.15, 0.2) is 0 Å². The van der Waals surface area contributed by atoms with E-state index in [0.29, 0.717) is 12.5 Å². The van der Waals surface area contributed by atoms with Crippen LogP contribution in [0.1, 0.15) is 52.9 Å². The number of hydrogen-bond acceptors (Lipinski definition) is 2. The summed E-state index contributed by atoms with van der Waals surface area (Å²) in [5.74, 6) is 0.763. The summed E-state index contributed by atoms with van der Waals surface area (Å²) >= 11 is 0. The molecule has 3 nitrogen and oxygen atoms in total. The summed E-state index contributed by atoms with van der Waals surface area (Å²) in [6.07, 6.45) is 4.85. The maximum atomic E-state index is 10.6. The molecule has 16 heavy (non-hydrogen) atoms. The third-order valence-electron chi connectivity index (χ3n) is 3.01. The Bertz CT molecular complexity index is 192. The first-order valence-electron chi connectivity index (χ1n) is 6.37. The van der Waals surface area contributed by atoms with Crippen LogP contribution in [0.2, 0.25) is 0 Å². The van der Waals surface area contributed by atoms with Gasteiger partial charge in [-0.3, -0.25) is 4.79 Å². The van der Waals surface area contributed by atoms with Crippen molar-refractivity contribution in [3.63, 3.8) is 0 Å². The number of nitrogens with two attached hydrogens (primary N) is 1. The van der Waals surface area contributed by atoms with Gasteiger partial charge in [0.25, 0.3) is 0 Å². The van der Waals surface area contributed by atoms with E-state index in [-0.39, 0.29) is 12.3 Å². The highest BCUT2D eigenvalue weighted by Gasteiger charge is 2.15. The molecule has 0 amide bonds. The van der Waals surface area contributed by atoms with Gasteiger partial charge in [0.2, 0.25) is 0 Å². The summed E-state index contributed by atoms with van der Waals surface area (Å²) in [7, 11) is 0. The number of aliphatic carboxylic acids is 1. The molecular weight excluding hydrogens is 202 g/mol. The van der Waals surface area contributed by atoms with E-state index in [2.05, 4.69) is 20.8 Å². The maximum Gasteiger partial charge on any atom is 0.303 e. The van der Waals surface area contributed by atoms with Crippen molar-refractivity contribution < 1.29 is 9.90 Å². The second-order valence-corrected chi connectivity index (χ2v) is 5.37. The average molecular weight is 229 g/mol. The molecule has 1 unspecified atom stereocenters. The molecule has 0 aliphatic rings. The van der Waals surface area contributed by atoms with Crippen molar-refractivity contribution in [2.75, 3.05) is 6.54 Å². The van der Waals surface area contributed by atoms with E-state index in [0.717, 1.165) is 12.3 Å². The van der Waals surface area contributed by atoms with Crippen LogP contribution >= 0.6 is 0 Å². The fourth-order valence-electron chi connectivity index (χ4n) is 2.07. The Balaban J connectivity index is 3.73. The number of carboxylic acids is 1. The van der Waals surface area contributed by atoms with Gasteiger partial charge in [-0.1, -0.05) is 40.0 Å². The van der Waals surface area contributed by atoms with E-state index in [1.54, 1.807) is 0 Å². The number of hydrogen-bond donors (Lipinski definition) is 2. The quantitative estimate of drug-likeness (QED) is 0.639. The minimum Gasteiger partial charge on any atom is -0.481 e. The standard InChI is InChI=1S/C13H27NO2/c1-10(2)5-4-6-11(3)7-12(9-14)8-13(15)16/h10-12H,4-9,14H2,1-3H3,(H,15,16)/t11?,12-/m0/s1. The van der Waals surface area contributed by atoms with E-state index in [1.165, 1.54) is 19.3 Å². The number of carbonyl (C=O) groups is 1. The molecule has 3 N–H and O–H groups in total. The van der Waals surface area contributed by atoms with Crippen LogP contribution in [0.25, 0.3) is 0 Å². The second kappa shape index (κ2) is 8.57. The molecular formula is C13H27NO2. The lowest BCUT2D eigenvalue weighted by Crippen LogP contribution is -2.20. The molecule has 0 aromatic heterocycles. The Kier molecular flexibility index (Phi) is 8.26. The summed E-state index contributed by atoms with van der Waals surface area (Å²) in [6.45, 7) is 7.15. The van der Waals surface area contributed by atoms with Gasteiger partial charge in [-0.15, -0.1) is 0 Å². The summed E-state index contributed by atoms with van der Waals surface area (Å²) in [5, 5.41) is 8.72. The van der Waals surface area contributed by atoms with Crippen LogP contribution in [0, 0.1) is 17.8 Å². The number of carboxylic acid groups (broad SMARTS) is 1. The van der Waals surface area contributed by atoms with Gasteiger partial charge in [0, 0.05) is 6.42 Å². The molecule has 0 aromatic rings. The molecule has 0 bridgehead atoms. The molecule has 96 valence electrons. The van der Waals surface area contributed by atoms with Gasteiger partial charge in [0.15, 0.2) is 0 Å². The van der Waals surface area contributed by atoms with Gasteiger partial charge >= 0.3 is 5.97 Å². The first kappa shape index (κ1) is 15.4. The molecule has 0 fully saturated rings. The molecule has 0 saturated heterocycles. The van der Waals surface area contributed by atoms with Gasteiger partial charge in [-0.2, -0.15) is 0 Å². The highest BCUT2D eigenvalue weighted by atomic mass is 16.4. The van der Waals surface area contributed by atoms with E-state index in [4.69, 9.17) is 10.8 Å². The minimum atomic E-state index is -0.732. The summed E-state index contributed by atoms with van der Waals surface area (Å²) in [6, 6.07) is 0. The Morgan fingerprint density at radius 3 is 2.31 bits per heavy atom. The van der Waals surface area contributed by atoms with Crippen molar-refractivity contribution in [3.8, 4) is 0 Å². The summed E-state index contributed by atoms with van der Waals surface area (Å²) < 4.78 is 0. The second-order valence-electron chi connectivity index (χ2n) is 5.37. The topological polar surface area (TPSA) is 63.3 Å². The molecule has 0 aliphatic carbocycles. The molecule has 0 radical (unpaired) electrons. The van der Waals surface area contributed by atoms with Crippen molar-refractivity contribution in [3.05, 3.63) is 0 Å². The Morgan fingerprint density at radius 1 is 1.25 bits per heavy atom. The van der Waals surface area contributed by atoms with Crippen LogP contribution < -0.4 is 5.73 Å².